The Bertz CT molecular complexity index is 1280. The smallest absolute Gasteiger partial charge is 0.277 e. The van der Waals surface area contributed by atoms with Crippen molar-refractivity contribution in [3.8, 4) is 11.6 Å². The molecule has 0 saturated carbocycles. The maximum absolute atomic E-state index is 13.0. The molecule has 9 heteroatoms. The van der Waals surface area contributed by atoms with Gasteiger partial charge in [-0.2, -0.15) is 5.10 Å². The van der Waals surface area contributed by atoms with Crippen molar-refractivity contribution >= 4 is 28.4 Å². The molecule has 1 amide bonds. The summed E-state index contributed by atoms with van der Waals surface area (Å²) in [4.78, 5) is 24.9. The Kier molecular flexibility index (Phi) is 6.65. The van der Waals surface area contributed by atoms with Gasteiger partial charge in [0.1, 0.15) is 0 Å². The van der Waals surface area contributed by atoms with E-state index in [9.17, 15) is 9.59 Å². The number of thioether (sulfide) groups is 1. The molecular formula is C23H23N5O3S. The van der Waals surface area contributed by atoms with E-state index in [0.717, 1.165) is 17.3 Å². The zero-order valence-corrected chi connectivity index (χ0v) is 18.6. The molecule has 0 aliphatic carbocycles. The minimum atomic E-state index is -0.191. The normalized spacial score (nSPS) is 11.2. The first-order chi connectivity index (χ1) is 15.5. The number of hydrogen-bond donors (Lipinski definition) is 1. The molecule has 0 spiro atoms. The zero-order chi connectivity index (χ0) is 22.5. The van der Waals surface area contributed by atoms with Gasteiger partial charge in [-0.15, -0.1) is 10.2 Å². The second-order valence-electron chi connectivity index (χ2n) is 7.70. The second kappa shape index (κ2) is 9.78. The monoisotopic (exact) mass is 449 g/mol. The second-order valence-corrected chi connectivity index (χ2v) is 8.63. The highest BCUT2D eigenvalue weighted by molar-refractivity contribution is 7.99. The lowest BCUT2D eigenvalue weighted by Crippen LogP contribution is -2.28. The fourth-order valence-corrected chi connectivity index (χ4v) is 3.71. The quantitative estimate of drug-likeness (QED) is 0.412. The number of hydrogen-bond acceptors (Lipinski definition) is 7. The standard InChI is InChI=1S/C23H23N5O3S/c1-15(2)12-24-19(29)14-32-23-26-25-21(31-23)20-17-10-6-7-11-18(17)22(30)28(27-20)13-16-8-4-3-5-9-16/h3-11,15H,12-14H2,1-2H3,(H,24,29). The van der Waals surface area contributed by atoms with E-state index in [1.165, 1.54) is 4.68 Å². The molecule has 8 nitrogen and oxygen atoms in total. The molecule has 0 unspecified atom stereocenters. The van der Waals surface area contributed by atoms with Gasteiger partial charge in [0, 0.05) is 11.9 Å². The van der Waals surface area contributed by atoms with E-state index >= 15 is 0 Å². The number of amides is 1. The van der Waals surface area contributed by atoms with Gasteiger partial charge in [0.05, 0.1) is 17.7 Å². The van der Waals surface area contributed by atoms with Gasteiger partial charge in [0.25, 0.3) is 16.7 Å². The molecule has 0 saturated heterocycles. The van der Waals surface area contributed by atoms with Crippen molar-refractivity contribution in [1.29, 1.82) is 0 Å². The van der Waals surface area contributed by atoms with Gasteiger partial charge in [0.15, 0.2) is 5.69 Å². The predicted molar refractivity (Wildman–Crippen MR) is 123 cm³/mol. The van der Waals surface area contributed by atoms with Gasteiger partial charge < -0.3 is 9.73 Å². The number of nitrogens with one attached hydrogen (secondary N) is 1. The zero-order valence-electron chi connectivity index (χ0n) is 17.8. The van der Waals surface area contributed by atoms with Crippen LogP contribution in [0.25, 0.3) is 22.4 Å². The van der Waals surface area contributed by atoms with Crippen molar-refractivity contribution in [3.05, 3.63) is 70.5 Å². The molecule has 2 aromatic carbocycles. The predicted octanol–water partition coefficient (Wildman–Crippen LogP) is 3.36. The van der Waals surface area contributed by atoms with E-state index in [1.54, 1.807) is 6.07 Å². The number of benzene rings is 2. The highest BCUT2D eigenvalue weighted by Crippen LogP contribution is 2.26. The minimum Gasteiger partial charge on any atom is -0.409 e. The van der Waals surface area contributed by atoms with Crippen molar-refractivity contribution in [3.63, 3.8) is 0 Å². The van der Waals surface area contributed by atoms with E-state index in [-0.39, 0.29) is 28.3 Å². The van der Waals surface area contributed by atoms with Gasteiger partial charge in [0.2, 0.25) is 5.91 Å². The summed E-state index contributed by atoms with van der Waals surface area (Å²) in [5.74, 6) is 0.664. The average Bonchev–Trinajstić information content (AvgIpc) is 3.28. The molecule has 1 N–H and O–H groups in total. The third-order valence-electron chi connectivity index (χ3n) is 4.69. The van der Waals surface area contributed by atoms with Gasteiger partial charge in [-0.25, -0.2) is 4.68 Å². The fourth-order valence-electron chi connectivity index (χ4n) is 3.12. The molecule has 2 aromatic heterocycles. The molecule has 4 rings (SSSR count). The van der Waals surface area contributed by atoms with Gasteiger partial charge in [-0.1, -0.05) is 74.1 Å². The van der Waals surface area contributed by atoms with Crippen LogP contribution in [0.3, 0.4) is 0 Å². The minimum absolute atomic E-state index is 0.0940. The fraction of sp³-hybridized carbons (Fsp3) is 0.261. The van der Waals surface area contributed by atoms with Crippen LogP contribution in [-0.2, 0) is 11.3 Å². The number of rotatable bonds is 8. The molecule has 0 atom stereocenters. The van der Waals surface area contributed by atoms with Gasteiger partial charge in [-0.3, -0.25) is 9.59 Å². The van der Waals surface area contributed by atoms with Gasteiger partial charge >= 0.3 is 0 Å². The first-order valence-corrected chi connectivity index (χ1v) is 11.3. The van der Waals surface area contributed by atoms with E-state index in [2.05, 4.69) is 20.6 Å². The van der Waals surface area contributed by atoms with E-state index in [1.807, 2.05) is 62.4 Å². The lowest BCUT2D eigenvalue weighted by molar-refractivity contribution is -0.118. The van der Waals surface area contributed by atoms with Crippen LogP contribution in [0.1, 0.15) is 19.4 Å². The molecular weight excluding hydrogens is 426 g/mol. The van der Waals surface area contributed by atoms with E-state index in [0.29, 0.717) is 35.5 Å². The van der Waals surface area contributed by atoms with Crippen LogP contribution in [0, 0.1) is 5.92 Å². The van der Waals surface area contributed by atoms with Crippen LogP contribution in [0.4, 0.5) is 0 Å². The van der Waals surface area contributed by atoms with Crippen LogP contribution in [0.2, 0.25) is 0 Å². The molecule has 0 radical (unpaired) electrons. The largest absolute Gasteiger partial charge is 0.409 e. The maximum atomic E-state index is 13.0. The lowest BCUT2D eigenvalue weighted by atomic mass is 10.1. The summed E-state index contributed by atoms with van der Waals surface area (Å²) >= 11 is 1.16. The number of aromatic nitrogens is 4. The highest BCUT2D eigenvalue weighted by Gasteiger charge is 2.18. The summed E-state index contributed by atoms with van der Waals surface area (Å²) in [6.07, 6.45) is 0. The van der Waals surface area contributed by atoms with Gasteiger partial charge in [-0.05, 0) is 17.5 Å². The van der Waals surface area contributed by atoms with Crippen molar-refractivity contribution in [2.24, 2.45) is 5.92 Å². The Hall–Kier alpha value is -3.46. The summed E-state index contributed by atoms with van der Waals surface area (Å²) < 4.78 is 7.19. The SMILES string of the molecule is CC(C)CNC(=O)CSc1nnc(-c2nn(Cc3ccccc3)c(=O)c3ccccc23)o1. The Morgan fingerprint density at radius 3 is 2.53 bits per heavy atom. The first kappa shape index (κ1) is 21.8. The lowest BCUT2D eigenvalue weighted by Gasteiger charge is -2.09. The van der Waals surface area contributed by atoms with Crippen LogP contribution in [-0.4, -0.2) is 38.2 Å². The third-order valence-corrected chi connectivity index (χ3v) is 5.50. The molecule has 4 aromatic rings. The molecule has 2 heterocycles. The van der Waals surface area contributed by atoms with Crippen molar-refractivity contribution in [2.45, 2.75) is 25.6 Å². The van der Waals surface area contributed by atoms with E-state index < -0.39 is 0 Å². The molecule has 0 aliphatic rings. The summed E-state index contributed by atoms with van der Waals surface area (Å²) in [6, 6.07) is 16.8. The topological polar surface area (TPSA) is 103 Å². The first-order valence-electron chi connectivity index (χ1n) is 10.3. The Balaban J connectivity index is 1.62. The van der Waals surface area contributed by atoms with Crippen LogP contribution < -0.4 is 10.9 Å². The molecule has 0 fully saturated rings. The summed E-state index contributed by atoms with van der Waals surface area (Å²) in [7, 11) is 0. The molecule has 32 heavy (non-hydrogen) atoms. The van der Waals surface area contributed by atoms with E-state index in [4.69, 9.17) is 4.42 Å². The number of carbonyl (C=O) groups excluding carboxylic acids is 1. The van der Waals surface area contributed by atoms with Crippen LogP contribution in [0.15, 0.2) is 69.0 Å². The summed E-state index contributed by atoms with van der Waals surface area (Å²) in [5.41, 5.74) is 1.20. The average molecular weight is 450 g/mol. The van der Waals surface area contributed by atoms with Crippen LogP contribution >= 0.6 is 11.8 Å². The van der Waals surface area contributed by atoms with Crippen LogP contribution in [0.5, 0.6) is 0 Å². The number of carbonyl (C=O) groups is 1. The Labute approximate surface area is 189 Å². The highest BCUT2D eigenvalue weighted by atomic mass is 32.2. The Morgan fingerprint density at radius 1 is 1.06 bits per heavy atom. The Morgan fingerprint density at radius 2 is 1.78 bits per heavy atom. The van der Waals surface area contributed by atoms with Crippen molar-refractivity contribution in [2.75, 3.05) is 12.3 Å². The molecule has 0 bridgehead atoms. The molecule has 0 aliphatic heterocycles. The third kappa shape index (κ3) is 5.05. The molecule has 164 valence electrons. The maximum Gasteiger partial charge on any atom is 0.277 e. The number of nitrogens with zero attached hydrogens (tertiary/aromatic N) is 4. The number of fused-ring (bicyclic) bond motifs is 1. The van der Waals surface area contributed by atoms with Crippen molar-refractivity contribution < 1.29 is 9.21 Å². The summed E-state index contributed by atoms with van der Waals surface area (Å²) in [5, 5.41) is 17.0. The van der Waals surface area contributed by atoms with Crippen molar-refractivity contribution in [1.82, 2.24) is 25.3 Å². The summed E-state index contributed by atoms with van der Waals surface area (Å²) in [6.45, 7) is 5.01.